The molecular weight excluding hydrogens is 695 g/mol. The number of unbranched alkanes of at least 4 members (excludes halogenated alkanes) is 9. The molecule has 0 aromatic carbocycles. The maximum absolute atomic E-state index is 12.8. The SMILES string of the molecule is C/C=C/CC/C=C/CC/C=C/C(O)C(COP(=O)([O-])OCC[N+](C)(C)C)NC(=O)CCCCCCCCC/C=C\C/C=C\C/C=C\C/C=C\C/C=C\CC. The van der Waals surface area contributed by atoms with E-state index in [4.69, 9.17) is 9.05 Å². The summed E-state index contributed by atoms with van der Waals surface area (Å²) in [5, 5.41) is 13.6. The van der Waals surface area contributed by atoms with Crippen molar-refractivity contribution in [3.05, 3.63) is 97.2 Å². The van der Waals surface area contributed by atoms with Crippen molar-refractivity contribution in [3.63, 3.8) is 0 Å². The van der Waals surface area contributed by atoms with Gasteiger partial charge in [0.2, 0.25) is 5.91 Å². The van der Waals surface area contributed by atoms with Gasteiger partial charge in [-0.05, 0) is 84.0 Å². The van der Waals surface area contributed by atoms with E-state index in [2.05, 4.69) is 91.2 Å². The summed E-state index contributed by atoms with van der Waals surface area (Å²) in [6.45, 7) is 4.22. The first kappa shape index (κ1) is 51.4. The van der Waals surface area contributed by atoms with Crippen LogP contribution in [0.25, 0.3) is 0 Å². The third-order valence-corrected chi connectivity index (χ3v) is 9.31. The third kappa shape index (κ3) is 37.7. The van der Waals surface area contributed by atoms with Crippen molar-refractivity contribution in [2.24, 2.45) is 0 Å². The van der Waals surface area contributed by atoms with Crippen LogP contribution in [0.4, 0.5) is 0 Å². The van der Waals surface area contributed by atoms with E-state index < -0.39 is 26.6 Å². The van der Waals surface area contributed by atoms with Crippen LogP contribution in [-0.2, 0) is 18.4 Å². The lowest BCUT2D eigenvalue weighted by molar-refractivity contribution is -0.870. The Morgan fingerprint density at radius 2 is 1.17 bits per heavy atom. The molecule has 2 N–H and O–H groups in total. The summed E-state index contributed by atoms with van der Waals surface area (Å²) in [6, 6.07) is -0.919. The van der Waals surface area contributed by atoms with Crippen molar-refractivity contribution >= 4 is 13.7 Å². The van der Waals surface area contributed by atoms with Gasteiger partial charge in [0, 0.05) is 6.42 Å². The quantitative estimate of drug-likeness (QED) is 0.0287. The second-order valence-corrected chi connectivity index (χ2v) is 16.0. The number of phosphoric acid groups is 1. The lowest BCUT2D eigenvalue weighted by Gasteiger charge is -2.29. The lowest BCUT2D eigenvalue weighted by atomic mass is 10.1. The van der Waals surface area contributed by atoms with Gasteiger partial charge < -0.3 is 28.8 Å². The molecule has 308 valence electrons. The monoisotopic (exact) mass is 773 g/mol. The maximum atomic E-state index is 12.8. The van der Waals surface area contributed by atoms with Gasteiger partial charge in [0.1, 0.15) is 13.2 Å². The van der Waals surface area contributed by atoms with Crippen molar-refractivity contribution < 1.29 is 32.9 Å². The summed E-state index contributed by atoms with van der Waals surface area (Å²) in [5.41, 5.74) is 0. The molecular formula is C45H77N2O6P. The third-order valence-electron chi connectivity index (χ3n) is 8.35. The molecule has 0 aliphatic heterocycles. The summed E-state index contributed by atoms with van der Waals surface area (Å²) >= 11 is 0. The summed E-state index contributed by atoms with van der Waals surface area (Å²) in [5.74, 6) is -0.233. The molecule has 0 spiro atoms. The van der Waals surface area contributed by atoms with E-state index >= 15 is 0 Å². The van der Waals surface area contributed by atoms with E-state index in [-0.39, 0.29) is 12.5 Å². The van der Waals surface area contributed by atoms with Gasteiger partial charge in [-0.3, -0.25) is 9.36 Å². The molecule has 0 rings (SSSR count). The van der Waals surface area contributed by atoms with Gasteiger partial charge in [0.05, 0.1) is 39.9 Å². The van der Waals surface area contributed by atoms with Crippen molar-refractivity contribution in [1.29, 1.82) is 0 Å². The number of likely N-dealkylation sites (N-methyl/N-ethyl adjacent to an activating group) is 1. The van der Waals surface area contributed by atoms with Crippen molar-refractivity contribution in [2.75, 3.05) is 40.9 Å². The first-order valence-electron chi connectivity index (χ1n) is 20.6. The Bertz CT molecular complexity index is 1190. The first-order chi connectivity index (χ1) is 26.0. The van der Waals surface area contributed by atoms with Crippen LogP contribution in [0.1, 0.15) is 129 Å². The van der Waals surface area contributed by atoms with Gasteiger partial charge in [-0.1, -0.05) is 136 Å². The average Bonchev–Trinajstić information content (AvgIpc) is 3.12. The Morgan fingerprint density at radius 1 is 0.685 bits per heavy atom. The second-order valence-electron chi connectivity index (χ2n) is 14.6. The molecule has 0 aliphatic carbocycles. The highest BCUT2D eigenvalue weighted by Gasteiger charge is 2.23. The Hall–Kier alpha value is -2.58. The van der Waals surface area contributed by atoms with Crippen LogP contribution in [0.5, 0.6) is 0 Å². The van der Waals surface area contributed by atoms with Crippen molar-refractivity contribution in [2.45, 2.75) is 142 Å². The largest absolute Gasteiger partial charge is 0.756 e. The number of amides is 1. The van der Waals surface area contributed by atoms with Crippen LogP contribution in [0, 0.1) is 0 Å². The molecule has 9 heteroatoms. The molecule has 0 bridgehead atoms. The number of carbonyl (C=O) groups is 1. The van der Waals surface area contributed by atoms with E-state index in [0.29, 0.717) is 17.4 Å². The number of aliphatic hydroxyl groups excluding tert-OH is 1. The van der Waals surface area contributed by atoms with Gasteiger partial charge in [-0.2, -0.15) is 0 Å². The van der Waals surface area contributed by atoms with E-state index in [0.717, 1.165) is 89.9 Å². The predicted octanol–water partition coefficient (Wildman–Crippen LogP) is 10.6. The number of quaternary nitrogens is 1. The van der Waals surface area contributed by atoms with E-state index in [1.165, 1.54) is 19.3 Å². The van der Waals surface area contributed by atoms with Crippen molar-refractivity contribution in [1.82, 2.24) is 5.32 Å². The normalized spacial score (nSPS) is 15.5. The van der Waals surface area contributed by atoms with Gasteiger partial charge in [0.25, 0.3) is 7.82 Å². The summed E-state index contributed by atoms with van der Waals surface area (Å²) in [7, 11) is 1.20. The van der Waals surface area contributed by atoms with Gasteiger partial charge in [-0.15, -0.1) is 0 Å². The predicted molar refractivity (Wildman–Crippen MR) is 228 cm³/mol. The van der Waals surface area contributed by atoms with Crippen molar-refractivity contribution in [3.8, 4) is 0 Å². The van der Waals surface area contributed by atoms with Crippen LogP contribution in [-0.4, -0.2) is 68.5 Å². The first-order valence-corrected chi connectivity index (χ1v) is 22.0. The Balaban J connectivity index is 4.37. The molecule has 0 saturated carbocycles. The molecule has 0 aromatic heterocycles. The molecule has 0 aromatic rings. The highest BCUT2D eigenvalue weighted by molar-refractivity contribution is 7.45. The molecule has 0 aliphatic rings. The fourth-order valence-corrected chi connectivity index (χ4v) is 5.82. The number of rotatable bonds is 35. The minimum Gasteiger partial charge on any atom is -0.756 e. The molecule has 1 amide bonds. The molecule has 0 radical (unpaired) electrons. The highest BCUT2D eigenvalue weighted by atomic mass is 31.2. The van der Waals surface area contributed by atoms with Crippen LogP contribution in [0.15, 0.2) is 97.2 Å². The summed E-state index contributed by atoms with van der Waals surface area (Å²) in [4.78, 5) is 25.2. The van der Waals surface area contributed by atoms with Gasteiger partial charge >= 0.3 is 0 Å². The molecule has 0 heterocycles. The Labute approximate surface area is 330 Å². The van der Waals surface area contributed by atoms with Gasteiger partial charge in [0.15, 0.2) is 0 Å². The molecule has 0 fully saturated rings. The molecule has 3 atom stereocenters. The maximum Gasteiger partial charge on any atom is 0.268 e. The van der Waals surface area contributed by atoms with E-state index in [9.17, 15) is 19.4 Å². The zero-order valence-electron chi connectivity index (χ0n) is 34.6. The fraction of sp³-hybridized carbons (Fsp3) is 0.622. The van der Waals surface area contributed by atoms with E-state index in [1.54, 1.807) is 6.08 Å². The number of phosphoric ester groups is 1. The Kier molecular flexibility index (Phi) is 34.4. The molecule has 54 heavy (non-hydrogen) atoms. The number of nitrogens with zero attached hydrogens (tertiary/aromatic N) is 1. The second kappa shape index (κ2) is 36.1. The average molecular weight is 773 g/mol. The number of allylic oxidation sites excluding steroid dienone is 15. The number of hydrogen-bond acceptors (Lipinski definition) is 6. The topological polar surface area (TPSA) is 108 Å². The number of nitrogens with one attached hydrogen (secondary N) is 1. The number of aliphatic hydroxyl groups is 1. The van der Waals surface area contributed by atoms with Crippen LogP contribution < -0.4 is 10.2 Å². The highest BCUT2D eigenvalue weighted by Crippen LogP contribution is 2.38. The van der Waals surface area contributed by atoms with E-state index in [1.807, 2.05) is 40.2 Å². The fourth-order valence-electron chi connectivity index (χ4n) is 5.10. The standard InChI is InChI=1S/C45H77N2O6P/c1-6-8-10-12-14-16-17-18-19-20-21-22-23-24-25-26-27-28-29-31-33-35-37-39-45(49)46-43(42-53-54(50,51)52-41-40-47(3,4)5)44(48)38-36-34-32-30-15-13-11-9-7-2/h7-10,14-16,18-19,21-22,24-25,30,36,38,43-44,48H,6,11-13,17,20,23,26-29,31-35,37,39-42H2,1-5H3,(H-,46,49,50,51)/b9-7+,10-8-,16-14-,19-18-,22-21-,25-24-,30-15+,38-36+. The number of hydrogen-bond donors (Lipinski definition) is 2. The van der Waals surface area contributed by atoms with Crippen LogP contribution in [0.3, 0.4) is 0 Å². The number of carbonyl (C=O) groups excluding carboxylic acids is 1. The zero-order chi connectivity index (χ0) is 40.0. The smallest absolute Gasteiger partial charge is 0.268 e. The Morgan fingerprint density at radius 3 is 1.72 bits per heavy atom. The summed E-state index contributed by atoms with van der Waals surface area (Å²) < 4.78 is 23.0. The minimum absolute atomic E-state index is 0.0175. The minimum atomic E-state index is -4.60. The zero-order valence-corrected chi connectivity index (χ0v) is 35.5. The van der Waals surface area contributed by atoms with Crippen LogP contribution in [0.2, 0.25) is 0 Å². The molecule has 3 unspecified atom stereocenters. The summed E-state index contributed by atoms with van der Waals surface area (Å²) in [6.07, 6.45) is 50.5. The van der Waals surface area contributed by atoms with Crippen LogP contribution >= 0.6 is 7.82 Å². The molecule has 0 saturated heterocycles. The van der Waals surface area contributed by atoms with Gasteiger partial charge in [-0.25, -0.2) is 0 Å². The molecule has 8 nitrogen and oxygen atoms in total. The lowest BCUT2D eigenvalue weighted by Crippen LogP contribution is -2.45.